The zero-order chi connectivity index (χ0) is 22.0. The van der Waals surface area contributed by atoms with Crippen molar-refractivity contribution < 1.29 is 4.74 Å². The third-order valence-corrected chi connectivity index (χ3v) is 6.39. The van der Waals surface area contributed by atoms with Crippen molar-refractivity contribution in [1.82, 2.24) is 4.98 Å². The lowest BCUT2D eigenvalue weighted by atomic mass is 9.73. The molecule has 7 heteroatoms. The van der Waals surface area contributed by atoms with Crippen molar-refractivity contribution in [2.75, 3.05) is 47.6 Å². The molecule has 1 saturated heterocycles. The van der Waals surface area contributed by atoms with Crippen LogP contribution in [-0.4, -0.2) is 31.3 Å². The Bertz CT molecular complexity index is 1070. The smallest absolute Gasteiger partial charge is 0.156 e. The van der Waals surface area contributed by atoms with Crippen LogP contribution in [0.2, 0.25) is 0 Å². The number of nitrogens with zero attached hydrogens (tertiary/aromatic N) is 2. The van der Waals surface area contributed by atoms with Gasteiger partial charge >= 0.3 is 0 Å². The lowest BCUT2D eigenvalue weighted by Gasteiger charge is -2.38. The topological polar surface area (TPSA) is 101 Å². The fraction of sp³-hybridized carbons (Fsp3) is 0.320. The van der Waals surface area contributed by atoms with E-state index in [2.05, 4.69) is 45.9 Å². The number of benzene rings is 2. The average molecular weight is 431 g/mol. The molecular formula is C25H30N6O. The second-order valence-electron chi connectivity index (χ2n) is 8.62. The maximum atomic E-state index is 6.43. The van der Waals surface area contributed by atoms with Gasteiger partial charge in [0.1, 0.15) is 5.82 Å². The van der Waals surface area contributed by atoms with Crippen LogP contribution < -0.4 is 27.0 Å². The zero-order valence-corrected chi connectivity index (χ0v) is 18.2. The number of ether oxygens (including phenoxy) is 1. The van der Waals surface area contributed by atoms with Gasteiger partial charge in [0.15, 0.2) is 5.82 Å². The highest BCUT2D eigenvalue weighted by Crippen LogP contribution is 2.39. The maximum absolute atomic E-state index is 6.43. The largest absolute Gasteiger partial charge is 0.396 e. The van der Waals surface area contributed by atoms with Gasteiger partial charge in [-0.25, -0.2) is 4.98 Å². The minimum Gasteiger partial charge on any atom is -0.396 e. The van der Waals surface area contributed by atoms with E-state index in [0.29, 0.717) is 11.5 Å². The molecule has 0 spiro atoms. The van der Waals surface area contributed by atoms with Crippen LogP contribution in [-0.2, 0) is 10.3 Å². The zero-order valence-electron chi connectivity index (χ0n) is 18.2. The van der Waals surface area contributed by atoms with Gasteiger partial charge in [-0.05, 0) is 67.3 Å². The minimum atomic E-state index is -0.157. The van der Waals surface area contributed by atoms with Crippen LogP contribution in [0.25, 0.3) is 0 Å². The van der Waals surface area contributed by atoms with E-state index in [1.54, 1.807) is 0 Å². The summed E-state index contributed by atoms with van der Waals surface area (Å²) in [6.45, 7) is 3.34. The molecule has 2 heterocycles. The Hall–Kier alpha value is -3.29. The summed E-state index contributed by atoms with van der Waals surface area (Å²) in [6, 6.07) is 20.4. The van der Waals surface area contributed by atoms with Gasteiger partial charge in [-0.3, -0.25) is 0 Å². The summed E-state index contributed by atoms with van der Waals surface area (Å²) in [5.74, 6) is 1.35. The van der Waals surface area contributed by atoms with Crippen molar-refractivity contribution >= 4 is 34.4 Å². The third kappa shape index (κ3) is 4.35. The molecule has 0 radical (unpaired) electrons. The number of hydrogen-bond acceptors (Lipinski definition) is 7. The predicted octanol–water partition coefficient (Wildman–Crippen LogP) is 4.33. The molecule has 0 unspecified atom stereocenters. The van der Waals surface area contributed by atoms with Gasteiger partial charge in [0.2, 0.25) is 0 Å². The number of nitrogens with one attached hydrogen (secondary N) is 2. The summed E-state index contributed by atoms with van der Waals surface area (Å²) in [5.41, 5.74) is 17.3. The molecule has 6 N–H and O–H groups in total. The van der Waals surface area contributed by atoms with E-state index in [4.69, 9.17) is 21.2 Å². The van der Waals surface area contributed by atoms with Crippen LogP contribution in [0.1, 0.15) is 24.8 Å². The summed E-state index contributed by atoms with van der Waals surface area (Å²) in [7, 11) is 0. The Balaban J connectivity index is 1.30. The van der Waals surface area contributed by atoms with E-state index in [-0.39, 0.29) is 5.54 Å². The predicted molar refractivity (Wildman–Crippen MR) is 131 cm³/mol. The molecule has 1 aromatic heterocycles. The average Bonchev–Trinajstić information content (AvgIpc) is 2.81. The van der Waals surface area contributed by atoms with E-state index >= 15 is 0 Å². The third-order valence-electron chi connectivity index (χ3n) is 6.39. The summed E-state index contributed by atoms with van der Waals surface area (Å²) < 4.78 is 5.46. The first kappa shape index (κ1) is 20.6. The normalized spacial score (nSPS) is 17.5. The standard InChI is InChI=1S/C25H30N6O/c26-22-9-10-23(28-20-3-1-4-21(17-20)31-13-15-32-16-14-31)30-24(22)29-19-7-5-18(6-8-19)25(27)11-2-12-25/h1,3-10,17H,2,11-16,26-27H2,(H2,28,29,30). The van der Waals surface area contributed by atoms with E-state index in [9.17, 15) is 0 Å². The second-order valence-corrected chi connectivity index (χ2v) is 8.62. The van der Waals surface area contributed by atoms with E-state index in [0.717, 1.165) is 56.3 Å². The summed E-state index contributed by atoms with van der Waals surface area (Å²) in [6.07, 6.45) is 3.30. The Labute approximate surface area is 188 Å². The number of pyridine rings is 1. The van der Waals surface area contributed by atoms with Gasteiger partial charge in [0, 0.05) is 35.7 Å². The first-order valence-corrected chi connectivity index (χ1v) is 11.2. The van der Waals surface area contributed by atoms with Gasteiger partial charge in [0.05, 0.1) is 18.9 Å². The van der Waals surface area contributed by atoms with Crippen molar-refractivity contribution in [2.24, 2.45) is 5.73 Å². The number of morpholine rings is 1. The Morgan fingerprint density at radius 2 is 1.69 bits per heavy atom. The van der Waals surface area contributed by atoms with Crippen LogP contribution >= 0.6 is 0 Å². The van der Waals surface area contributed by atoms with Gasteiger partial charge < -0.3 is 31.7 Å². The highest BCUT2D eigenvalue weighted by molar-refractivity contribution is 5.72. The van der Waals surface area contributed by atoms with Crippen molar-refractivity contribution in [3.05, 3.63) is 66.2 Å². The number of nitrogens with two attached hydrogens (primary N) is 2. The lowest BCUT2D eigenvalue weighted by molar-refractivity contribution is 0.122. The molecular weight excluding hydrogens is 400 g/mol. The SMILES string of the molecule is Nc1ccc(Nc2cccc(N3CCOCC3)c2)nc1Nc1ccc(C2(N)CCC2)cc1. The van der Waals surface area contributed by atoms with Crippen molar-refractivity contribution in [2.45, 2.75) is 24.8 Å². The molecule has 2 aliphatic rings. The molecule has 32 heavy (non-hydrogen) atoms. The first-order valence-electron chi connectivity index (χ1n) is 11.2. The fourth-order valence-corrected chi connectivity index (χ4v) is 4.26. The van der Waals surface area contributed by atoms with Crippen LogP contribution in [0.3, 0.4) is 0 Å². The minimum absolute atomic E-state index is 0.157. The molecule has 1 aliphatic carbocycles. The molecule has 3 aromatic rings. The summed E-state index contributed by atoms with van der Waals surface area (Å²) in [4.78, 5) is 7.03. The number of hydrogen-bond donors (Lipinski definition) is 4. The second kappa shape index (κ2) is 8.68. The molecule has 2 fully saturated rings. The highest BCUT2D eigenvalue weighted by atomic mass is 16.5. The number of nitrogen functional groups attached to an aromatic ring is 1. The molecule has 5 rings (SSSR count). The summed E-state index contributed by atoms with van der Waals surface area (Å²) in [5, 5.41) is 6.74. The molecule has 0 atom stereocenters. The molecule has 1 saturated carbocycles. The van der Waals surface area contributed by atoms with Crippen molar-refractivity contribution in [1.29, 1.82) is 0 Å². The molecule has 0 amide bonds. The van der Waals surface area contributed by atoms with Gasteiger partial charge in [-0.2, -0.15) is 0 Å². The van der Waals surface area contributed by atoms with Crippen LogP contribution in [0, 0.1) is 0 Å². The monoisotopic (exact) mass is 430 g/mol. The number of rotatable bonds is 6. The van der Waals surface area contributed by atoms with Crippen LogP contribution in [0.5, 0.6) is 0 Å². The lowest BCUT2D eigenvalue weighted by Crippen LogP contribution is -2.43. The first-order chi connectivity index (χ1) is 15.6. The highest BCUT2D eigenvalue weighted by Gasteiger charge is 2.34. The fourth-order valence-electron chi connectivity index (χ4n) is 4.26. The number of anilines is 6. The Kier molecular flexibility index (Phi) is 5.59. The van der Waals surface area contributed by atoms with Crippen molar-refractivity contribution in [3.63, 3.8) is 0 Å². The van der Waals surface area contributed by atoms with Crippen LogP contribution in [0.4, 0.5) is 34.4 Å². The van der Waals surface area contributed by atoms with Gasteiger partial charge in [0.25, 0.3) is 0 Å². The molecule has 0 bridgehead atoms. The Morgan fingerprint density at radius 1 is 0.906 bits per heavy atom. The van der Waals surface area contributed by atoms with E-state index < -0.39 is 0 Å². The summed E-state index contributed by atoms with van der Waals surface area (Å²) >= 11 is 0. The molecule has 2 aromatic carbocycles. The quantitative estimate of drug-likeness (QED) is 0.462. The Morgan fingerprint density at radius 3 is 2.41 bits per heavy atom. The van der Waals surface area contributed by atoms with Crippen LogP contribution in [0.15, 0.2) is 60.7 Å². The maximum Gasteiger partial charge on any atom is 0.156 e. The van der Waals surface area contributed by atoms with Gasteiger partial charge in [-0.1, -0.05) is 18.2 Å². The van der Waals surface area contributed by atoms with Crippen molar-refractivity contribution in [3.8, 4) is 0 Å². The molecule has 166 valence electrons. The van der Waals surface area contributed by atoms with E-state index in [1.165, 1.54) is 17.7 Å². The van der Waals surface area contributed by atoms with Gasteiger partial charge in [-0.15, -0.1) is 0 Å². The number of aromatic nitrogens is 1. The molecule has 7 nitrogen and oxygen atoms in total. The molecule has 1 aliphatic heterocycles. The van der Waals surface area contributed by atoms with E-state index in [1.807, 2.05) is 30.3 Å².